The van der Waals surface area contributed by atoms with E-state index in [1.54, 1.807) is 37.3 Å². The molecule has 3 aromatic rings. The van der Waals surface area contributed by atoms with Gasteiger partial charge >= 0.3 is 0 Å². The fourth-order valence-corrected chi connectivity index (χ4v) is 3.79. The highest BCUT2D eigenvalue weighted by atomic mass is 16.5. The molecule has 1 saturated heterocycles. The molecule has 0 radical (unpaired) electrons. The largest absolute Gasteiger partial charge is 0.497 e. The molecule has 4 rings (SSSR count). The van der Waals surface area contributed by atoms with Crippen LogP contribution < -0.4 is 14.2 Å². The van der Waals surface area contributed by atoms with E-state index in [4.69, 9.17) is 18.7 Å². The molecule has 0 N–H and O–H groups in total. The van der Waals surface area contributed by atoms with Crippen molar-refractivity contribution in [2.24, 2.45) is 0 Å². The van der Waals surface area contributed by atoms with Crippen molar-refractivity contribution in [2.75, 3.05) is 33.9 Å². The highest BCUT2D eigenvalue weighted by molar-refractivity contribution is 5.97. The van der Waals surface area contributed by atoms with E-state index < -0.39 is 0 Å². The Morgan fingerprint density at radius 3 is 2.81 bits per heavy atom. The van der Waals surface area contributed by atoms with E-state index >= 15 is 0 Å². The standard InChI is InChI=1S/C24H27N3O5/c1-16-5-4-6-19(13-16)31-12-10-22-25-23(32-26-22)17-9-11-27(15-17)24(28)20-8-7-18(29-2)14-21(20)30-3/h4-8,13-14,17H,9-12,15H2,1-3H3. The molecule has 0 aliphatic carbocycles. The molecule has 2 heterocycles. The Hall–Kier alpha value is -3.55. The van der Waals surface area contributed by atoms with Gasteiger partial charge in [0.15, 0.2) is 5.82 Å². The lowest BCUT2D eigenvalue weighted by molar-refractivity contribution is 0.0786. The fraction of sp³-hybridized carbons (Fsp3) is 0.375. The van der Waals surface area contributed by atoms with E-state index in [0.717, 1.165) is 17.7 Å². The number of amides is 1. The smallest absolute Gasteiger partial charge is 0.257 e. The molecule has 168 valence electrons. The van der Waals surface area contributed by atoms with Crippen LogP contribution >= 0.6 is 0 Å². The van der Waals surface area contributed by atoms with Gasteiger partial charge in [-0.1, -0.05) is 17.3 Å². The number of likely N-dealkylation sites (tertiary alicyclic amines) is 1. The summed E-state index contributed by atoms with van der Waals surface area (Å²) in [6.07, 6.45) is 1.32. The first-order valence-electron chi connectivity index (χ1n) is 10.6. The molecule has 1 aliphatic heterocycles. The minimum Gasteiger partial charge on any atom is -0.497 e. The monoisotopic (exact) mass is 437 g/mol. The lowest BCUT2D eigenvalue weighted by atomic mass is 10.1. The SMILES string of the molecule is COc1ccc(C(=O)N2CCC(c3nc(CCOc4cccc(C)c4)no3)C2)c(OC)c1. The number of hydrogen-bond donors (Lipinski definition) is 0. The number of carbonyl (C=O) groups excluding carboxylic acids is 1. The van der Waals surface area contributed by atoms with Crippen molar-refractivity contribution in [3.63, 3.8) is 0 Å². The summed E-state index contributed by atoms with van der Waals surface area (Å²) >= 11 is 0. The number of hydrogen-bond acceptors (Lipinski definition) is 7. The number of rotatable bonds is 8. The number of methoxy groups -OCH3 is 2. The number of aromatic nitrogens is 2. The zero-order chi connectivity index (χ0) is 22.5. The van der Waals surface area contributed by atoms with Crippen LogP contribution in [0.2, 0.25) is 0 Å². The van der Waals surface area contributed by atoms with Crippen LogP contribution in [0.15, 0.2) is 47.0 Å². The molecule has 8 nitrogen and oxygen atoms in total. The van der Waals surface area contributed by atoms with E-state index in [2.05, 4.69) is 10.1 Å². The second-order valence-corrected chi connectivity index (χ2v) is 7.77. The molecule has 1 amide bonds. The maximum absolute atomic E-state index is 13.0. The maximum Gasteiger partial charge on any atom is 0.257 e. The summed E-state index contributed by atoms with van der Waals surface area (Å²) in [5.41, 5.74) is 1.66. The molecule has 1 atom stereocenters. The highest BCUT2D eigenvalue weighted by Gasteiger charge is 2.32. The minimum atomic E-state index is -0.0849. The predicted molar refractivity (Wildman–Crippen MR) is 117 cm³/mol. The van der Waals surface area contributed by atoms with Crippen LogP contribution in [-0.2, 0) is 6.42 Å². The molecule has 32 heavy (non-hydrogen) atoms. The second kappa shape index (κ2) is 9.72. The molecule has 0 saturated carbocycles. The molecule has 1 aromatic heterocycles. The van der Waals surface area contributed by atoms with Gasteiger partial charge in [0, 0.05) is 25.6 Å². The lowest BCUT2D eigenvalue weighted by Crippen LogP contribution is -2.28. The van der Waals surface area contributed by atoms with Crippen LogP contribution in [-0.4, -0.2) is 54.9 Å². The molecule has 1 fully saturated rings. The Kier molecular flexibility index (Phi) is 6.58. The van der Waals surface area contributed by atoms with Crippen LogP contribution in [0.3, 0.4) is 0 Å². The van der Waals surface area contributed by atoms with Crippen molar-refractivity contribution < 1.29 is 23.5 Å². The number of carbonyl (C=O) groups is 1. The molecule has 8 heteroatoms. The fourth-order valence-electron chi connectivity index (χ4n) is 3.79. The van der Waals surface area contributed by atoms with Gasteiger partial charge in [-0.2, -0.15) is 4.98 Å². The van der Waals surface area contributed by atoms with Crippen molar-refractivity contribution in [1.82, 2.24) is 15.0 Å². The van der Waals surface area contributed by atoms with Gasteiger partial charge in [-0.05, 0) is 43.2 Å². The summed E-state index contributed by atoms with van der Waals surface area (Å²) in [5, 5.41) is 4.08. The molecule has 1 unspecified atom stereocenters. The molecule has 2 aromatic carbocycles. The summed E-state index contributed by atoms with van der Waals surface area (Å²) in [4.78, 5) is 19.3. The highest BCUT2D eigenvalue weighted by Crippen LogP contribution is 2.30. The van der Waals surface area contributed by atoms with Gasteiger partial charge in [0.05, 0.1) is 32.3 Å². The Labute approximate surface area is 187 Å². The van der Waals surface area contributed by atoms with Crippen molar-refractivity contribution in [3.05, 3.63) is 65.3 Å². The van der Waals surface area contributed by atoms with E-state index in [0.29, 0.717) is 54.9 Å². The first-order valence-corrected chi connectivity index (χ1v) is 10.6. The molecule has 0 bridgehead atoms. The van der Waals surface area contributed by atoms with E-state index in [1.165, 1.54) is 0 Å². The first kappa shape index (κ1) is 21.7. The Bertz CT molecular complexity index is 1080. The normalized spacial score (nSPS) is 15.6. The van der Waals surface area contributed by atoms with Crippen LogP contribution in [0.1, 0.15) is 40.0 Å². The van der Waals surface area contributed by atoms with Gasteiger partial charge < -0.3 is 23.6 Å². The third-order valence-corrected chi connectivity index (χ3v) is 5.53. The average Bonchev–Trinajstić information content (AvgIpc) is 3.48. The van der Waals surface area contributed by atoms with Crippen LogP contribution in [0, 0.1) is 6.92 Å². The molecule has 1 aliphatic rings. The van der Waals surface area contributed by atoms with Crippen LogP contribution in [0.5, 0.6) is 17.2 Å². The Balaban J connectivity index is 1.34. The minimum absolute atomic E-state index is 0.0159. The van der Waals surface area contributed by atoms with Crippen molar-refractivity contribution in [2.45, 2.75) is 25.7 Å². The average molecular weight is 437 g/mol. The third-order valence-electron chi connectivity index (χ3n) is 5.53. The van der Waals surface area contributed by atoms with Gasteiger partial charge in [0.1, 0.15) is 17.2 Å². The quantitative estimate of drug-likeness (QED) is 0.532. The zero-order valence-electron chi connectivity index (χ0n) is 18.5. The number of nitrogens with zero attached hydrogens (tertiary/aromatic N) is 3. The lowest BCUT2D eigenvalue weighted by Gasteiger charge is -2.18. The van der Waals surface area contributed by atoms with E-state index in [1.807, 2.05) is 31.2 Å². The topological polar surface area (TPSA) is 86.9 Å². The molecular weight excluding hydrogens is 410 g/mol. The summed E-state index contributed by atoms with van der Waals surface area (Å²) in [7, 11) is 3.12. The Morgan fingerprint density at radius 2 is 2.03 bits per heavy atom. The third kappa shape index (κ3) is 4.85. The van der Waals surface area contributed by atoms with Crippen molar-refractivity contribution >= 4 is 5.91 Å². The number of ether oxygens (including phenoxy) is 3. The summed E-state index contributed by atoms with van der Waals surface area (Å²) in [6.45, 7) is 3.63. The zero-order valence-corrected chi connectivity index (χ0v) is 18.5. The van der Waals surface area contributed by atoms with Gasteiger partial charge in [-0.15, -0.1) is 0 Å². The van der Waals surface area contributed by atoms with E-state index in [-0.39, 0.29) is 11.8 Å². The first-order chi connectivity index (χ1) is 15.6. The number of benzene rings is 2. The van der Waals surface area contributed by atoms with Crippen molar-refractivity contribution in [1.29, 1.82) is 0 Å². The van der Waals surface area contributed by atoms with Gasteiger partial charge in [0.25, 0.3) is 5.91 Å². The number of aryl methyl sites for hydroxylation is 1. The van der Waals surface area contributed by atoms with Crippen LogP contribution in [0.25, 0.3) is 0 Å². The maximum atomic E-state index is 13.0. The van der Waals surface area contributed by atoms with E-state index in [9.17, 15) is 4.79 Å². The summed E-state index contributed by atoms with van der Waals surface area (Å²) in [6, 6.07) is 13.1. The predicted octanol–water partition coefficient (Wildman–Crippen LogP) is 3.65. The second-order valence-electron chi connectivity index (χ2n) is 7.77. The van der Waals surface area contributed by atoms with Gasteiger partial charge in [0.2, 0.25) is 5.89 Å². The Morgan fingerprint density at radius 1 is 1.16 bits per heavy atom. The summed E-state index contributed by atoms with van der Waals surface area (Å²) < 4.78 is 21.8. The van der Waals surface area contributed by atoms with Crippen LogP contribution in [0.4, 0.5) is 0 Å². The molecular formula is C24H27N3O5. The molecule has 0 spiro atoms. The van der Waals surface area contributed by atoms with Gasteiger partial charge in [-0.3, -0.25) is 4.79 Å². The van der Waals surface area contributed by atoms with Crippen molar-refractivity contribution in [3.8, 4) is 17.2 Å². The van der Waals surface area contributed by atoms with Gasteiger partial charge in [-0.25, -0.2) is 0 Å². The summed E-state index contributed by atoms with van der Waals surface area (Å²) in [5.74, 6) is 3.06.